The average molecular weight is 353 g/mol. The number of carbonyl (C=O) groups excluding carboxylic acids is 1. The first-order chi connectivity index (χ1) is 12.2. The third-order valence-corrected chi connectivity index (χ3v) is 6.91. The smallest absolute Gasteiger partial charge is 0.251 e. The highest BCUT2D eigenvalue weighted by Gasteiger charge is 2.51. The molecule has 1 aromatic carbocycles. The molecule has 4 saturated carbocycles. The van der Waals surface area contributed by atoms with Gasteiger partial charge in [0.1, 0.15) is 0 Å². The summed E-state index contributed by atoms with van der Waals surface area (Å²) in [6, 6.07) is 7.74. The van der Waals surface area contributed by atoms with Gasteiger partial charge in [0.2, 0.25) is 0 Å². The fraction of sp³-hybridized carbons (Fsp3) is 0.500. The molecule has 1 aromatic heterocycles. The largest absolute Gasteiger partial charge is 0.347 e. The van der Waals surface area contributed by atoms with E-state index in [0.717, 1.165) is 34.1 Å². The summed E-state index contributed by atoms with van der Waals surface area (Å²) < 4.78 is 0. The number of nitrogens with one attached hydrogen (secondary N) is 2. The maximum atomic E-state index is 12.9. The van der Waals surface area contributed by atoms with Gasteiger partial charge in [-0.1, -0.05) is 6.07 Å². The number of nitrogens with zero attached hydrogens (tertiary/aromatic N) is 1. The second-order valence-electron chi connectivity index (χ2n) is 8.20. The molecule has 1 heterocycles. The van der Waals surface area contributed by atoms with Crippen molar-refractivity contribution in [3.8, 4) is 0 Å². The van der Waals surface area contributed by atoms with Gasteiger partial charge in [-0.05, 0) is 74.5 Å². The summed E-state index contributed by atoms with van der Waals surface area (Å²) in [7, 11) is 0. The van der Waals surface area contributed by atoms with Gasteiger partial charge in [0.05, 0.1) is 0 Å². The Kier molecular flexibility index (Phi) is 3.59. The van der Waals surface area contributed by atoms with Crippen molar-refractivity contribution < 1.29 is 4.79 Å². The Labute approximate surface area is 152 Å². The number of aromatic nitrogens is 1. The molecule has 0 spiro atoms. The highest BCUT2D eigenvalue weighted by atomic mass is 32.1. The van der Waals surface area contributed by atoms with Gasteiger partial charge in [-0.3, -0.25) is 4.79 Å². The molecule has 4 bridgehead atoms. The first-order valence-corrected chi connectivity index (χ1v) is 10.1. The van der Waals surface area contributed by atoms with Gasteiger partial charge < -0.3 is 10.6 Å². The fourth-order valence-electron chi connectivity index (χ4n) is 5.72. The summed E-state index contributed by atoms with van der Waals surface area (Å²) in [6.07, 6.45) is 9.50. The molecule has 0 unspecified atom stereocenters. The molecule has 0 atom stereocenters. The van der Waals surface area contributed by atoms with Crippen molar-refractivity contribution in [1.82, 2.24) is 10.3 Å². The molecule has 6 rings (SSSR count). The molecule has 4 aliphatic rings. The zero-order valence-electron chi connectivity index (χ0n) is 14.2. The minimum Gasteiger partial charge on any atom is -0.347 e. The van der Waals surface area contributed by atoms with Crippen LogP contribution in [0, 0.1) is 17.8 Å². The van der Waals surface area contributed by atoms with E-state index >= 15 is 0 Å². The number of thiazole rings is 1. The lowest BCUT2D eigenvalue weighted by molar-refractivity contribution is -0.0167. The molecular weight excluding hydrogens is 330 g/mol. The van der Waals surface area contributed by atoms with Crippen LogP contribution in [-0.2, 0) is 0 Å². The Hall–Kier alpha value is -1.88. The van der Waals surface area contributed by atoms with E-state index in [1.807, 2.05) is 29.6 Å². The first kappa shape index (κ1) is 15.4. The zero-order chi connectivity index (χ0) is 16.9. The van der Waals surface area contributed by atoms with Gasteiger partial charge in [0.15, 0.2) is 5.13 Å². The van der Waals surface area contributed by atoms with Crippen LogP contribution in [0.4, 0.5) is 10.8 Å². The van der Waals surface area contributed by atoms with Gasteiger partial charge in [-0.2, -0.15) is 0 Å². The molecule has 0 aliphatic heterocycles. The molecular formula is C20H23N3OS. The SMILES string of the molecule is O=C(NC12CC3CC(CC(C3)C1)C2)c1cccc(Nc2nccs2)c1. The van der Waals surface area contributed by atoms with Crippen molar-refractivity contribution in [1.29, 1.82) is 0 Å². The van der Waals surface area contributed by atoms with Crippen molar-refractivity contribution in [3.05, 3.63) is 41.4 Å². The predicted octanol–water partition coefficient (Wildman–Crippen LogP) is 4.59. The van der Waals surface area contributed by atoms with Crippen LogP contribution in [0.5, 0.6) is 0 Å². The minimum absolute atomic E-state index is 0.0601. The van der Waals surface area contributed by atoms with E-state index in [0.29, 0.717) is 0 Å². The summed E-state index contributed by atoms with van der Waals surface area (Å²) in [5.74, 6) is 2.59. The topological polar surface area (TPSA) is 54.0 Å². The van der Waals surface area contributed by atoms with Crippen molar-refractivity contribution in [2.24, 2.45) is 17.8 Å². The molecule has 4 nitrogen and oxygen atoms in total. The van der Waals surface area contributed by atoms with E-state index in [9.17, 15) is 4.79 Å². The quantitative estimate of drug-likeness (QED) is 0.845. The van der Waals surface area contributed by atoms with Crippen molar-refractivity contribution >= 4 is 28.1 Å². The number of carbonyl (C=O) groups is 1. The summed E-state index contributed by atoms with van der Waals surface area (Å²) in [6.45, 7) is 0. The number of hydrogen-bond acceptors (Lipinski definition) is 4. The summed E-state index contributed by atoms with van der Waals surface area (Å²) in [4.78, 5) is 17.2. The summed E-state index contributed by atoms with van der Waals surface area (Å²) in [5.41, 5.74) is 1.70. The molecule has 1 amide bonds. The average Bonchev–Trinajstić information content (AvgIpc) is 3.06. The Morgan fingerprint density at radius 1 is 1.12 bits per heavy atom. The van der Waals surface area contributed by atoms with Gasteiger partial charge in [0.25, 0.3) is 5.91 Å². The second kappa shape index (κ2) is 5.84. The minimum atomic E-state index is 0.0601. The normalized spacial score (nSPS) is 32.6. The number of amides is 1. The maximum Gasteiger partial charge on any atom is 0.251 e. The van der Waals surface area contributed by atoms with Crippen LogP contribution < -0.4 is 10.6 Å². The zero-order valence-corrected chi connectivity index (χ0v) is 15.0. The van der Waals surface area contributed by atoms with Crippen LogP contribution in [0.1, 0.15) is 48.9 Å². The van der Waals surface area contributed by atoms with Gasteiger partial charge in [-0.15, -0.1) is 11.3 Å². The maximum absolute atomic E-state index is 12.9. The van der Waals surface area contributed by atoms with Crippen LogP contribution in [0.15, 0.2) is 35.8 Å². The standard InChI is InChI=1S/C20H23N3OS/c24-18(16-2-1-3-17(9-16)22-19-21-4-5-25-19)23-20-10-13-6-14(11-20)8-15(7-13)12-20/h1-5,9,13-15H,6-8,10-12H2,(H,21,22)(H,23,24). The molecule has 5 heteroatoms. The van der Waals surface area contributed by atoms with Crippen LogP contribution in [0.3, 0.4) is 0 Å². The molecule has 2 aromatic rings. The molecule has 4 aliphatic carbocycles. The van der Waals surface area contributed by atoms with Crippen LogP contribution in [0.25, 0.3) is 0 Å². The number of anilines is 2. The van der Waals surface area contributed by atoms with Crippen molar-refractivity contribution in [3.63, 3.8) is 0 Å². The molecule has 0 saturated heterocycles. The monoisotopic (exact) mass is 353 g/mol. The van der Waals surface area contributed by atoms with Gasteiger partial charge in [-0.25, -0.2) is 4.98 Å². The second-order valence-corrected chi connectivity index (χ2v) is 9.09. The van der Waals surface area contributed by atoms with Gasteiger partial charge in [0, 0.05) is 28.4 Å². The first-order valence-electron chi connectivity index (χ1n) is 9.27. The fourth-order valence-corrected chi connectivity index (χ4v) is 6.27. The summed E-state index contributed by atoms with van der Waals surface area (Å²) in [5, 5.41) is 9.50. The van der Waals surface area contributed by atoms with E-state index in [-0.39, 0.29) is 11.4 Å². The van der Waals surface area contributed by atoms with Crippen molar-refractivity contribution in [2.75, 3.05) is 5.32 Å². The highest BCUT2D eigenvalue weighted by molar-refractivity contribution is 7.13. The number of benzene rings is 1. The Morgan fingerprint density at radius 2 is 1.84 bits per heavy atom. The molecule has 0 radical (unpaired) electrons. The van der Waals surface area contributed by atoms with E-state index in [1.54, 1.807) is 17.5 Å². The lowest BCUT2D eigenvalue weighted by Gasteiger charge is -2.56. The Morgan fingerprint density at radius 3 is 2.48 bits per heavy atom. The van der Waals surface area contributed by atoms with Crippen molar-refractivity contribution in [2.45, 2.75) is 44.1 Å². The molecule has 25 heavy (non-hydrogen) atoms. The lowest BCUT2D eigenvalue weighted by atomic mass is 9.53. The van der Waals surface area contributed by atoms with E-state index < -0.39 is 0 Å². The third kappa shape index (κ3) is 2.95. The van der Waals surface area contributed by atoms with E-state index in [4.69, 9.17) is 0 Å². The summed E-state index contributed by atoms with van der Waals surface area (Å²) >= 11 is 1.55. The lowest BCUT2D eigenvalue weighted by Crippen LogP contribution is -2.59. The number of hydrogen-bond donors (Lipinski definition) is 2. The Bertz CT molecular complexity index is 751. The predicted molar refractivity (Wildman–Crippen MR) is 100 cm³/mol. The molecule has 2 N–H and O–H groups in total. The van der Waals surface area contributed by atoms with E-state index in [1.165, 1.54) is 38.5 Å². The van der Waals surface area contributed by atoms with Crippen LogP contribution in [-0.4, -0.2) is 16.4 Å². The highest BCUT2D eigenvalue weighted by Crippen LogP contribution is 2.55. The Balaban J connectivity index is 1.33. The molecule has 130 valence electrons. The van der Waals surface area contributed by atoms with E-state index in [2.05, 4.69) is 15.6 Å². The van der Waals surface area contributed by atoms with Gasteiger partial charge >= 0.3 is 0 Å². The van der Waals surface area contributed by atoms with Crippen LogP contribution >= 0.6 is 11.3 Å². The molecule has 4 fully saturated rings. The number of rotatable bonds is 4. The van der Waals surface area contributed by atoms with Crippen LogP contribution in [0.2, 0.25) is 0 Å². The third-order valence-electron chi connectivity index (χ3n) is 6.23.